The number of hydrogen-bond acceptors (Lipinski definition) is 3. The van der Waals surface area contributed by atoms with Crippen LogP contribution in [0.4, 0.5) is 5.69 Å². The Labute approximate surface area is 87.5 Å². The first-order valence-corrected chi connectivity index (χ1v) is 4.60. The van der Waals surface area contributed by atoms with E-state index in [1.165, 1.54) is 6.20 Å². The van der Waals surface area contributed by atoms with Gasteiger partial charge in [0.15, 0.2) is 5.15 Å². The van der Waals surface area contributed by atoms with Gasteiger partial charge in [0, 0.05) is 5.54 Å². The summed E-state index contributed by atoms with van der Waals surface area (Å²) in [7, 11) is 0. The Bertz CT molecular complexity index is 286. The average Bonchev–Trinajstić information content (AvgIpc) is 1.95. The average molecular weight is 220 g/mol. The number of nitrogens with one attached hydrogen (secondary N) is 1. The van der Waals surface area contributed by atoms with Crippen LogP contribution in [0.15, 0.2) is 6.20 Å². The molecule has 72 valence electrons. The number of aromatic nitrogens is 2. The van der Waals surface area contributed by atoms with E-state index in [-0.39, 0.29) is 5.54 Å². The van der Waals surface area contributed by atoms with Crippen LogP contribution in [0, 0.1) is 0 Å². The molecule has 3 nitrogen and oxygen atoms in total. The van der Waals surface area contributed by atoms with Gasteiger partial charge < -0.3 is 5.32 Å². The third-order valence-electron chi connectivity index (χ3n) is 1.26. The molecule has 0 saturated carbocycles. The van der Waals surface area contributed by atoms with E-state index in [9.17, 15) is 0 Å². The molecule has 1 rings (SSSR count). The third kappa shape index (κ3) is 3.01. The van der Waals surface area contributed by atoms with E-state index in [1.54, 1.807) is 0 Å². The molecule has 5 heteroatoms. The van der Waals surface area contributed by atoms with Crippen molar-refractivity contribution in [2.45, 2.75) is 26.3 Å². The van der Waals surface area contributed by atoms with E-state index >= 15 is 0 Å². The molecule has 0 fully saturated rings. The van der Waals surface area contributed by atoms with Crippen molar-refractivity contribution >= 4 is 28.9 Å². The van der Waals surface area contributed by atoms with Crippen molar-refractivity contribution in [1.82, 2.24) is 10.2 Å². The standard InChI is InChI=1S/C8H11Cl2N3/c1-8(2,3)12-6-5(9)4-11-13-7(6)10/h4H,1-3H3,(H,11,12). The molecule has 0 saturated heterocycles. The van der Waals surface area contributed by atoms with E-state index in [1.807, 2.05) is 20.8 Å². The Hall–Kier alpha value is -0.540. The Morgan fingerprint density at radius 1 is 1.31 bits per heavy atom. The second-order valence-electron chi connectivity index (χ2n) is 3.73. The lowest BCUT2D eigenvalue weighted by Crippen LogP contribution is -2.26. The summed E-state index contributed by atoms with van der Waals surface area (Å²) in [6, 6.07) is 0. The van der Waals surface area contributed by atoms with Gasteiger partial charge in [-0.15, -0.1) is 5.10 Å². The summed E-state index contributed by atoms with van der Waals surface area (Å²) in [5.41, 5.74) is 0.530. The first-order valence-electron chi connectivity index (χ1n) is 3.85. The van der Waals surface area contributed by atoms with Crippen LogP contribution in [0.2, 0.25) is 10.2 Å². The topological polar surface area (TPSA) is 37.8 Å². The molecule has 0 spiro atoms. The normalized spacial score (nSPS) is 11.5. The minimum atomic E-state index is -0.101. The Kier molecular flexibility index (Phi) is 2.98. The first kappa shape index (κ1) is 10.5. The fourth-order valence-corrected chi connectivity index (χ4v) is 1.25. The molecule has 1 heterocycles. The molecule has 0 aliphatic heterocycles. The highest BCUT2D eigenvalue weighted by Crippen LogP contribution is 2.29. The lowest BCUT2D eigenvalue weighted by atomic mass is 10.1. The quantitative estimate of drug-likeness (QED) is 0.790. The van der Waals surface area contributed by atoms with Crippen LogP contribution in [0.1, 0.15) is 20.8 Å². The highest BCUT2D eigenvalue weighted by atomic mass is 35.5. The van der Waals surface area contributed by atoms with Gasteiger partial charge in [0.1, 0.15) is 0 Å². The number of anilines is 1. The van der Waals surface area contributed by atoms with Crippen LogP contribution in [0.5, 0.6) is 0 Å². The fraction of sp³-hybridized carbons (Fsp3) is 0.500. The first-order chi connectivity index (χ1) is 5.90. The Balaban J connectivity index is 3.00. The van der Waals surface area contributed by atoms with Crippen LogP contribution in [0.25, 0.3) is 0 Å². The van der Waals surface area contributed by atoms with Gasteiger partial charge >= 0.3 is 0 Å². The van der Waals surface area contributed by atoms with Gasteiger partial charge in [-0.1, -0.05) is 23.2 Å². The molecule has 0 bridgehead atoms. The predicted molar refractivity (Wildman–Crippen MR) is 55.4 cm³/mol. The molecule has 1 aromatic heterocycles. The second-order valence-corrected chi connectivity index (χ2v) is 4.50. The van der Waals surface area contributed by atoms with Crippen LogP contribution in [0.3, 0.4) is 0 Å². The van der Waals surface area contributed by atoms with Crippen LogP contribution in [-0.4, -0.2) is 15.7 Å². The van der Waals surface area contributed by atoms with Gasteiger partial charge in [0.25, 0.3) is 0 Å². The molecule has 1 N–H and O–H groups in total. The van der Waals surface area contributed by atoms with Gasteiger partial charge in [0.2, 0.25) is 0 Å². The van der Waals surface area contributed by atoms with Gasteiger partial charge in [-0.25, -0.2) is 0 Å². The van der Waals surface area contributed by atoms with E-state index in [0.717, 1.165) is 0 Å². The Morgan fingerprint density at radius 2 is 1.92 bits per heavy atom. The highest BCUT2D eigenvalue weighted by Gasteiger charge is 2.15. The van der Waals surface area contributed by atoms with Crippen LogP contribution in [-0.2, 0) is 0 Å². The largest absolute Gasteiger partial charge is 0.377 e. The number of nitrogens with zero attached hydrogens (tertiary/aromatic N) is 2. The monoisotopic (exact) mass is 219 g/mol. The Morgan fingerprint density at radius 3 is 2.38 bits per heavy atom. The summed E-state index contributed by atoms with van der Waals surface area (Å²) < 4.78 is 0. The zero-order valence-corrected chi connectivity index (χ0v) is 9.24. The molecule has 0 aliphatic carbocycles. The summed E-state index contributed by atoms with van der Waals surface area (Å²) in [5.74, 6) is 0. The molecule has 0 radical (unpaired) electrons. The minimum absolute atomic E-state index is 0.101. The summed E-state index contributed by atoms with van der Waals surface area (Å²) in [6.07, 6.45) is 1.46. The maximum Gasteiger partial charge on any atom is 0.176 e. The van der Waals surface area contributed by atoms with E-state index < -0.39 is 0 Å². The van der Waals surface area contributed by atoms with E-state index in [2.05, 4.69) is 15.5 Å². The van der Waals surface area contributed by atoms with Crippen molar-refractivity contribution in [1.29, 1.82) is 0 Å². The lowest BCUT2D eigenvalue weighted by Gasteiger charge is -2.22. The SMILES string of the molecule is CC(C)(C)Nc1c(Cl)cnnc1Cl. The predicted octanol–water partition coefficient (Wildman–Crippen LogP) is 2.99. The molecule has 13 heavy (non-hydrogen) atoms. The van der Waals surface area contributed by atoms with Crippen molar-refractivity contribution in [3.8, 4) is 0 Å². The van der Waals surface area contributed by atoms with Crippen molar-refractivity contribution in [3.63, 3.8) is 0 Å². The molecular weight excluding hydrogens is 209 g/mol. The van der Waals surface area contributed by atoms with Crippen molar-refractivity contribution in [2.24, 2.45) is 0 Å². The lowest BCUT2D eigenvalue weighted by molar-refractivity contribution is 0.633. The molecule has 0 aromatic carbocycles. The number of halogens is 2. The summed E-state index contributed by atoms with van der Waals surface area (Å²) in [6.45, 7) is 6.04. The van der Waals surface area contributed by atoms with Gasteiger partial charge in [0.05, 0.1) is 16.9 Å². The molecular formula is C8H11Cl2N3. The molecule has 0 amide bonds. The summed E-state index contributed by atoms with van der Waals surface area (Å²) >= 11 is 11.7. The highest BCUT2D eigenvalue weighted by molar-refractivity contribution is 6.38. The molecule has 1 aromatic rings. The maximum atomic E-state index is 5.89. The van der Waals surface area contributed by atoms with E-state index in [0.29, 0.717) is 15.9 Å². The van der Waals surface area contributed by atoms with Gasteiger partial charge in [-0.3, -0.25) is 0 Å². The third-order valence-corrected chi connectivity index (χ3v) is 1.81. The van der Waals surface area contributed by atoms with E-state index in [4.69, 9.17) is 23.2 Å². The second kappa shape index (κ2) is 3.68. The van der Waals surface area contributed by atoms with Crippen molar-refractivity contribution in [2.75, 3.05) is 5.32 Å². The van der Waals surface area contributed by atoms with Crippen LogP contribution < -0.4 is 5.32 Å². The fourth-order valence-electron chi connectivity index (χ4n) is 0.830. The van der Waals surface area contributed by atoms with Crippen molar-refractivity contribution in [3.05, 3.63) is 16.4 Å². The van der Waals surface area contributed by atoms with Gasteiger partial charge in [-0.05, 0) is 20.8 Å². The van der Waals surface area contributed by atoms with Crippen molar-refractivity contribution < 1.29 is 0 Å². The number of hydrogen-bond donors (Lipinski definition) is 1. The maximum absolute atomic E-state index is 5.89. The molecule has 0 unspecified atom stereocenters. The summed E-state index contributed by atoms with van der Waals surface area (Å²) in [5, 5.41) is 11.2. The molecule has 0 aliphatic rings. The van der Waals surface area contributed by atoms with Gasteiger partial charge in [-0.2, -0.15) is 5.10 Å². The summed E-state index contributed by atoms with van der Waals surface area (Å²) in [4.78, 5) is 0. The zero-order chi connectivity index (χ0) is 10.1. The van der Waals surface area contributed by atoms with Crippen LogP contribution >= 0.6 is 23.2 Å². The number of rotatable bonds is 1. The smallest absolute Gasteiger partial charge is 0.176 e. The minimum Gasteiger partial charge on any atom is -0.377 e. The zero-order valence-electron chi connectivity index (χ0n) is 7.73. The molecule has 0 atom stereocenters.